The second-order valence-electron chi connectivity index (χ2n) is 12.7. The Morgan fingerprint density at radius 2 is 1.09 bits per heavy atom. The first-order valence-electron chi connectivity index (χ1n) is 15.5. The molecule has 6 aliphatic heterocycles. The first-order chi connectivity index (χ1) is 21.0. The molecule has 0 radical (unpaired) electrons. The smallest absolute Gasteiger partial charge is 0.209 e. The zero-order valence-corrected chi connectivity index (χ0v) is 24.8. The molecule has 6 heterocycles. The number of benzene rings is 2. The Kier molecular flexibility index (Phi) is 6.34. The maximum Gasteiger partial charge on any atom is 0.209 e. The normalized spacial score (nSPS) is 30.7. The van der Waals surface area contributed by atoms with Crippen molar-refractivity contribution in [3.8, 4) is 0 Å². The van der Waals surface area contributed by atoms with Crippen LogP contribution in [0, 0.1) is 0 Å². The SMILES string of the molecule is CC1(C2=NCCO2)CC(C2=NCCO2)c2cc(Cc3ccc4c(c3)C(C3=NCCO3)CC(C)(C3=NCCO3)N4)ccc2N1.[HH].[HH]. The highest BCUT2D eigenvalue weighted by atomic mass is 16.5. The predicted octanol–water partition coefficient (Wildman–Crippen LogP) is 4.80. The maximum atomic E-state index is 6.03. The molecular formula is C33H42N6O4. The highest BCUT2D eigenvalue weighted by molar-refractivity contribution is 5.96. The molecule has 4 unspecified atom stereocenters. The minimum atomic E-state index is -0.403. The number of nitrogens with zero attached hydrogens (tertiary/aromatic N) is 4. The van der Waals surface area contributed by atoms with Crippen LogP contribution in [0.25, 0.3) is 0 Å². The number of anilines is 2. The summed E-state index contributed by atoms with van der Waals surface area (Å²) in [6.45, 7) is 9.72. The molecule has 0 saturated heterocycles. The average Bonchev–Trinajstić information content (AvgIpc) is 3.84. The van der Waals surface area contributed by atoms with Crippen LogP contribution in [-0.2, 0) is 25.4 Å². The van der Waals surface area contributed by atoms with Gasteiger partial charge in [0.2, 0.25) is 11.8 Å². The number of hydrogen-bond donors (Lipinski definition) is 2. The van der Waals surface area contributed by atoms with Gasteiger partial charge in [-0.15, -0.1) is 0 Å². The fourth-order valence-corrected chi connectivity index (χ4v) is 7.40. The largest absolute Gasteiger partial charge is 0.479 e. The third-order valence-electron chi connectivity index (χ3n) is 9.37. The standard InChI is InChI=1S/C33H38N6O4.2H2/c1-32(30-36-9-13-42-30)18-24(28-34-7-11-40-28)22-16-20(3-5-26(22)38-32)15-21-4-6-27-23(17-21)25(29-35-8-12-41-29)19-33(2,39-27)31-37-10-14-43-31;;/h3-6,16-17,24-25,38-39H,7-15,18-19H2,1-2H3;2*1H. The van der Waals surface area contributed by atoms with Gasteiger partial charge < -0.3 is 29.6 Å². The second-order valence-corrected chi connectivity index (χ2v) is 12.7. The third kappa shape index (κ3) is 4.71. The molecule has 2 N–H and O–H groups in total. The Balaban J connectivity index is 0.00000179. The van der Waals surface area contributed by atoms with Crippen LogP contribution in [0.4, 0.5) is 11.4 Å². The van der Waals surface area contributed by atoms with E-state index in [0.717, 1.165) is 54.2 Å². The lowest BCUT2D eigenvalue weighted by molar-refractivity contribution is 0.302. The van der Waals surface area contributed by atoms with Crippen LogP contribution in [0.15, 0.2) is 56.4 Å². The van der Waals surface area contributed by atoms with Crippen molar-refractivity contribution >= 4 is 35.0 Å². The van der Waals surface area contributed by atoms with Gasteiger partial charge in [-0.2, -0.15) is 0 Å². The molecule has 6 aliphatic rings. The van der Waals surface area contributed by atoms with Crippen molar-refractivity contribution < 1.29 is 21.8 Å². The van der Waals surface area contributed by atoms with E-state index in [0.29, 0.717) is 52.6 Å². The molecule has 10 nitrogen and oxygen atoms in total. The van der Waals surface area contributed by atoms with Gasteiger partial charge in [0, 0.05) is 14.2 Å². The molecule has 228 valence electrons. The van der Waals surface area contributed by atoms with Gasteiger partial charge in [-0.3, -0.25) is 20.0 Å². The van der Waals surface area contributed by atoms with E-state index < -0.39 is 11.1 Å². The molecule has 10 heteroatoms. The van der Waals surface area contributed by atoms with E-state index in [1.54, 1.807) is 0 Å². The first kappa shape index (κ1) is 26.5. The van der Waals surface area contributed by atoms with Gasteiger partial charge in [-0.25, -0.2) is 0 Å². The summed E-state index contributed by atoms with van der Waals surface area (Å²) in [6.07, 6.45) is 2.37. The lowest BCUT2D eigenvalue weighted by atomic mass is 9.78. The molecule has 0 spiro atoms. The van der Waals surface area contributed by atoms with Crippen LogP contribution in [-0.4, -0.2) is 87.3 Å². The summed E-state index contributed by atoms with van der Waals surface area (Å²) in [4.78, 5) is 18.8. The zero-order chi connectivity index (χ0) is 29.0. The molecule has 0 aliphatic carbocycles. The number of nitrogens with one attached hydrogen (secondary N) is 2. The van der Waals surface area contributed by atoms with Crippen LogP contribution in [0.5, 0.6) is 0 Å². The Morgan fingerprint density at radius 1 is 0.651 bits per heavy atom. The van der Waals surface area contributed by atoms with Gasteiger partial charge in [0.05, 0.1) is 38.0 Å². The lowest BCUT2D eigenvalue weighted by Gasteiger charge is -2.40. The van der Waals surface area contributed by atoms with Gasteiger partial charge >= 0.3 is 0 Å². The van der Waals surface area contributed by atoms with E-state index in [4.69, 9.17) is 28.9 Å². The van der Waals surface area contributed by atoms with E-state index in [9.17, 15) is 0 Å². The van der Waals surface area contributed by atoms with Crippen molar-refractivity contribution in [1.82, 2.24) is 0 Å². The Labute approximate surface area is 254 Å². The van der Waals surface area contributed by atoms with Crippen molar-refractivity contribution in [3.63, 3.8) is 0 Å². The second kappa shape index (κ2) is 10.3. The molecule has 0 saturated carbocycles. The first-order valence-corrected chi connectivity index (χ1v) is 15.5. The number of aliphatic imine (C=N–C) groups is 4. The summed E-state index contributed by atoms with van der Waals surface area (Å²) >= 11 is 0. The minimum absolute atomic E-state index is 0. The summed E-state index contributed by atoms with van der Waals surface area (Å²) in [5.74, 6) is 3.29. The van der Waals surface area contributed by atoms with Crippen LogP contribution in [0.1, 0.15) is 63.6 Å². The highest BCUT2D eigenvalue weighted by Gasteiger charge is 2.45. The number of rotatable bonds is 6. The van der Waals surface area contributed by atoms with Crippen molar-refractivity contribution in [3.05, 3.63) is 58.7 Å². The lowest BCUT2D eigenvalue weighted by Crippen LogP contribution is -2.49. The molecule has 0 fully saturated rings. The van der Waals surface area contributed by atoms with Crippen molar-refractivity contribution in [2.45, 2.75) is 56.0 Å². The predicted molar refractivity (Wildman–Crippen MR) is 172 cm³/mol. The quantitative estimate of drug-likeness (QED) is 0.503. The fraction of sp³-hybridized carbons (Fsp3) is 0.515. The minimum Gasteiger partial charge on any atom is -0.479 e. The van der Waals surface area contributed by atoms with E-state index in [-0.39, 0.29) is 14.7 Å². The number of hydrogen-bond acceptors (Lipinski definition) is 10. The summed E-state index contributed by atoms with van der Waals surface area (Å²) in [7, 11) is 0. The van der Waals surface area contributed by atoms with Crippen molar-refractivity contribution in [2.24, 2.45) is 20.0 Å². The molecule has 0 aromatic heterocycles. The molecule has 4 atom stereocenters. The third-order valence-corrected chi connectivity index (χ3v) is 9.37. The van der Waals surface area contributed by atoms with Crippen LogP contribution < -0.4 is 10.6 Å². The molecule has 2 aromatic carbocycles. The molecule has 43 heavy (non-hydrogen) atoms. The fourth-order valence-electron chi connectivity index (χ4n) is 7.40. The van der Waals surface area contributed by atoms with Gasteiger partial charge in [0.1, 0.15) is 37.5 Å². The van der Waals surface area contributed by atoms with Crippen LogP contribution in [0.3, 0.4) is 0 Å². The van der Waals surface area contributed by atoms with Crippen LogP contribution in [0.2, 0.25) is 0 Å². The number of fused-ring (bicyclic) bond motifs is 2. The maximum absolute atomic E-state index is 6.03. The van der Waals surface area contributed by atoms with E-state index in [2.05, 4.69) is 70.9 Å². The monoisotopic (exact) mass is 586 g/mol. The molecule has 0 bridgehead atoms. The summed E-state index contributed by atoms with van der Waals surface area (Å²) in [6, 6.07) is 13.5. The van der Waals surface area contributed by atoms with Crippen LogP contribution >= 0.6 is 0 Å². The molecule has 0 amide bonds. The van der Waals surface area contributed by atoms with Gasteiger partial charge in [-0.05, 0) is 67.5 Å². The average molecular weight is 587 g/mol. The Bertz CT molecular complexity index is 1480. The van der Waals surface area contributed by atoms with E-state index >= 15 is 0 Å². The summed E-state index contributed by atoms with van der Waals surface area (Å²) in [5.41, 5.74) is 6.29. The van der Waals surface area contributed by atoms with E-state index in [1.807, 2.05) is 0 Å². The molecule has 2 aromatic rings. The van der Waals surface area contributed by atoms with Gasteiger partial charge in [0.25, 0.3) is 0 Å². The number of ether oxygens (including phenoxy) is 4. The molecule has 8 rings (SSSR count). The van der Waals surface area contributed by atoms with Crippen molar-refractivity contribution in [1.29, 1.82) is 0 Å². The summed E-state index contributed by atoms with van der Waals surface area (Å²) in [5, 5.41) is 7.49. The highest BCUT2D eigenvalue weighted by Crippen LogP contribution is 2.44. The van der Waals surface area contributed by atoms with E-state index in [1.165, 1.54) is 22.3 Å². The van der Waals surface area contributed by atoms with Crippen molar-refractivity contribution in [2.75, 3.05) is 63.2 Å². The zero-order valence-electron chi connectivity index (χ0n) is 24.8. The van der Waals surface area contributed by atoms with Gasteiger partial charge in [0.15, 0.2) is 11.8 Å². The molecular weight excluding hydrogens is 544 g/mol. The Hall–Kier alpha value is -4.08. The topological polar surface area (TPSA) is 110 Å². The Morgan fingerprint density at radius 3 is 1.49 bits per heavy atom. The summed E-state index contributed by atoms with van der Waals surface area (Å²) < 4.78 is 23.9. The van der Waals surface area contributed by atoms with Gasteiger partial charge in [-0.1, -0.05) is 24.3 Å².